The molecule has 1 aliphatic rings. The number of nitrogens with zero attached hydrogens (tertiary/aromatic N) is 3. The molecule has 1 saturated heterocycles. The number of anilines is 1. The number of aryl methyl sites for hydroxylation is 2. The van der Waals surface area contributed by atoms with Gasteiger partial charge in [0.15, 0.2) is 0 Å². The third kappa shape index (κ3) is 4.63. The van der Waals surface area contributed by atoms with Gasteiger partial charge < -0.3 is 15.0 Å². The Morgan fingerprint density at radius 3 is 2.83 bits per heavy atom. The van der Waals surface area contributed by atoms with Crippen molar-refractivity contribution in [2.45, 2.75) is 20.4 Å². The summed E-state index contributed by atoms with van der Waals surface area (Å²) in [6.45, 7) is 7.69. The lowest BCUT2D eigenvalue weighted by Crippen LogP contribution is -2.36. The SMILES string of the molecule is Cc1ccc(-c2nc(C(=O)NCc3ccnc(N4CCOCC4)c3)cs2)c(C)c1. The Balaban J connectivity index is 1.41. The molecule has 0 radical (unpaired) electrons. The van der Waals surface area contributed by atoms with Crippen molar-refractivity contribution >= 4 is 23.1 Å². The molecule has 4 rings (SSSR count). The predicted molar refractivity (Wildman–Crippen MR) is 115 cm³/mol. The molecule has 0 bridgehead atoms. The van der Waals surface area contributed by atoms with Gasteiger partial charge in [-0.25, -0.2) is 9.97 Å². The molecule has 150 valence electrons. The van der Waals surface area contributed by atoms with Crippen LogP contribution in [-0.2, 0) is 11.3 Å². The fraction of sp³-hybridized carbons (Fsp3) is 0.318. The van der Waals surface area contributed by atoms with Crippen molar-refractivity contribution < 1.29 is 9.53 Å². The summed E-state index contributed by atoms with van der Waals surface area (Å²) in [5.74, 6) is 0.757. The lowest BCUT2D eigenvalue weighted by molar-refractivity contribution is 0.0946. The minimum Gasteiger partial charge on any atom is -0.378 e. The first-order chi connectivity index (χ1) is 14.1. The molecule has 29 heavy (non-hydrogen) atoms. The summed E-state index contributed by atoms with van der Waals surface area (Å²) >= 11 is 1.49. The van der Waals surface area contributed by atoms with Crippen molar-refractivity contribution in [2.75, 3.05) is 31.2 Å². The molecular weight excluding hydrogens is 384 g/mol. The number of thiazole rings is 1. The molecule has 0 aliphatic carbocycles. The summed E-state index contributed by atoms with van der Waals surface area (Å²) in [6.07, 6.45) is 1.79. The van der Waals surface area contributed by atoms with Crippen molar-refractivity contribution in [1.82, 2.24) is 15.3 Å². The lowest BCUT2D eigenvalue weighted by Gasteiger charge is -2.28. The monoisotopic (exact) mass is 408 g/mol. The Labute approximate surface area is 174 Å². The van der Waals surface area contributed by atoms with E-state index < -0.39 is 0 Å². The zero-order valence-corrected chi connectivity index (χ0v) is 17.5. The van der Waals surface area contributed by atoms with E-state index in [1.54, 1.807) is 6.20 Å². The maximum atomic E-state index is 12.6. The van der Waals surface area contributed by atoms with E-state index in [0.717, 1.165) is 48.3 Å². The largest absolute Gasteiger partial charge is 0.378 e. The summed E-state index contributed by atoms with van der Waals surface area (Å²) in [7, 11) is 0. The zero-order chi connectivity index (χ0) is 20.2. The van der Waals surface area contributed by atoms with Crippen LogP contribution in [0.5, 0.6) is 0 Å². The van der Waals surface area contributed by atoms with Gasteiger partial charge in [0.25, 0.3) is 5.91 Å². The number of pyridine rings is 1. The van der Waals surface area contributed by atoms with Crippen LogP contribution in [0.25, 0.3) is 10.6 Å². The number of amides is 1. The number of rotatable bonds is 5. The van der Waals surface area contributed by atoms with Crippen LogP contribution in [0, 0.1) is 13.8 Å². The van der Waals surface area contributed by atoms with Crippen molar-refractivity contribution in [1.29, 1.82) is 0 Å². The number of aromatic nitrogens is 2. The van der Waals surface area contributed by atoms with Crippen molar-refractivity contribution in [3.8, 4) is 10.6 Å². The first-order valence-electron chi connectivity index (χ1n) is 9.69. The second-order valence-corrected chi connectivity index (χ2v) is 8.02. The number of benzene rings is 1. The maximum Gasteiger partial charge on any atom is 0.271 e. The molecule has 0 saturated carbocycles. The molecule has 1 aliphatic heterocycles. The molecule has 0 unspecified atom stereocenters. The summed E-state index contributed by atoms with van der Waals surface area (Å²) in [5, 5.41) is 5.65. The summed E-state index contributed by atoms with van der Waals surface area (Å²) in [4.78, 5) is 23.8. The Morgan fingerprint density at radius 2 is 2.03 bits per heavy atom. The van der Waals surface area contributed by atoms with Crippen LogP contribution < -0.4 is 10.2 Å². The third-order valence-corrected chi connectivity index (χ3v) is 5.82. The number of nitrogens with one attached hydrogen (secondary N) is 1. The molecule has 1 aromatic carbocycles. The van der Waals surface area contributed by atoms with E-state index in [1.165, 1.54) is 22.5 Å². The smallest absolute Gasteiger partial charge is 0.271 e. The number of hydrogen-bond donors (Lipinski definition) is 1. The van der Waals surface area contributed by atoms with Gasteiger partial charge in [-0.1, -0.05) is 23.8 Å². The Bertz CT molecular complexity index is 1010. The summed E-state index contributed by atoms with van der Waals surface area (Å²) in [6, 6.07) is 10.2. The lowest BCUT2D eigenvalue weighted by atomic mass is 10.1. The van der Waals surface area contributed by atoms with Crippen molar-refractivity contribution in [3.63, 3.8) is 0 Å². The predicted octanol–water partition coefficient (Wildman–Crippen LogP) is 3.59. The van der Waals surface area contributed by atoms with Crippen LogP contribution in [-0.4, -0.2) is 42.2 Å². The second kappa shape index (κ2) is 8.71. The topological polar surface area (TPSA) is 67.4 Å². The van der Waals surface area contributed by atoms with Gasteiger partial charge in [0, 0.05) is 36.8 Å². The van der Waals surface area contributed by atoms with Gasteiger partial charge in [0.2, 0.25) is 0 Å². The fourth-order valence-corrected chi connectivity index (χ4v) is 4.25. The van der Waals surface area contributed by atoms with Crippen LogP contribution in [0.3, 0.4) is 0 Å². The Hall–Kier alpha value is -2.77. The quantitative estimate of drug-likeness (QED) is 0.699. The molecule has 6 nitrogen and oxygen atoms in total. The minimum atomic E-state index is -0.165. The molecule has 0 spiro atoms. The van der Waals surface area contributed by atoms with Gasteiger partial charge in [-0.05, 0) is 37.1 Å². The molecule has 3 heterocycles. The highest BCUT2D eigenvalue weighted by molar-refractivity contribution is 7.13. The standard InChI is InChI=1S/C22H24N4O2S/c1-15-3-4-18(16(2)11-15)22-25-19(14-29-22)21(27)24-13-17-5-6-23-20(12-17)26-7-9-28-10-8-26/h3-6,11-12,14H,7-10,13H2,1-2H3,(H,24,27). The van der Waals surface area contributed by atoms with Gasteiger partial charge in [-0.3, -0.25) is 4.79 Å². The van der Waals surface area contributed by atoms with Crippen LogP contribution in [0.15, 0.2) is 41.9 Å². The summed E-state index contributed by atoms with van der Waals surface area (Å²) < 4.78 is 5.39. The average Bonchev–Trinajstić information content (AvgIpc) is 3.23. The maximum absolute atomic E-state index is 12.6. The molecule has 1 amide bonds. The van der Waals surface area contributed by atoms with E-state index in [0.29, 0.717) is 12.2 Å². The van der Waals surface area contributed by atoms with Gasteiger partial charge in [-0.15, -0.1) is 11.3 Å². The first-order valence-corrected chi connectivity index (χ1v) is 10.6. The number of morpholine rings is 1. The van der Waals surface area contributed by atoms with Crippen LogP contribution in [0.1, 0.15) is 27.2 Å². The minimum absolute atomic E-state index is 0.165. The molecule has 3 aromatic rings. The number of hydrogen-bond acceptors (Lipinski definition) is 6. The molecule has 2 aromatic heterocycles. The molecule has 1 fully saturated rings. The van der Waals surface area contributed by atoms with Gasteiger partial charge in [-0.2, -0.15) is 0 Å². The highest BCUT2D eigenvalue weighted by atomic mass is 32.1. The first kappa shape index (κ1) is 19.5. The van der Waals surface area contributed by atoms with E-state index in [4.69, 9.17) is 4.74 Å². The number of carbonyl (C=O) groups is 1. The second-order valence-electron chi connectivity index (χ2n) is 7.16. The summed E-state index contributed by atoms with van der Waals surface area (Å²) in [5.41, 5.74) is 4.92. The van der Waals surface area contributed by atoms with Crippen molar-refractivity contribution in [2.24, 2.45) is 0 Å². The van der Waals surface area contributed by atoms with E-state index in [9.17, 15) is 4.79 Å². The van der Waals surface area contributed by atoms with Gasteiger partial charge in [0.05, 0.1) is 13.2 Å². The average molecular weight is 409 g/mol. The molecule has 7 heteroatoms. The van der Waals surface area contributed by atoms with E-state index in [2.05, 4.69) is 52.2 Å². The highest BCUT2D eigenvalue weighted by Crippen LogP contribution is 2.27. The van der Waals surface area contributed by atoms with E-state index in [-0.39, 0.29) is 5.91 Å². The van der Waals surface area contributed by atoms with Crippen LogP contribution in [0.4, 0.5) is 5.82 Å². The molecule has 0 atom stereocenters. The normalized spacial score (nSPS) is 14.1. The van der Waals surface area contributed by atoms with Gasteiger partial charge >= 0.3 is 0 Å². The number of ether oxygens (including phenoxy) is 1. The fourth-order valence-electron chi connectivity index (χ4n) is 3.36. The van der Waals surface area contributed by atoms with Crippen LogP contribution >= 0.6 is 11.3 Å². The van der Waals surface area contributed by atoms with E-state index in [1.807, 2.05) is 17.5 Å². The van der Waals surface area contributed by atoms with Gasteiger partial charge in [0.1, 0.15) is 16.5 Å². The van der Waals surface area contributed by atoms with Crippen LogP contribution in [0.2, 0.25) is 0 Å². The van der Waals surface area contributed by atoms with E-state index >= 15 is 0 Å². The Morgan fingerprint density at radius 1 is 1.21 bits per heavy atom. The molecular formula is C22H24N4O2S. The number of carbonyl (C=O) groups excluding carboxylic acids is 1. The zero-order valence-electron chi connectivity index (χ0n) is 16.6. The highest BCUT2D eigenvalue weighted by Gasteiger charge is 2.15. The Kier molecular flexibility index (Phi) is 5.87. The third-order valence-electron chi connectivity index (χ3n) is 4.95. The van der Waals surface area contributed by atoms with Crippen molar-refractivity contribution in [3.05, 3.63) is 64.3 Å². The molecule has 1 N–H and O–H groups in total.